The number of carbonyl (C=O) groups is 1. The van der Waals surface area contributed by atoms with E-state index >= 15 is 0 Å². The summed E-state index contributed by atoms with van der Waals surface area (Å²) in [7, 11) is 0. The molecule has 142 valence electrons. The molecule has 3 heterocycles. The van der Waals surface area contributed by atoms with E-state index in [4.69, 9.17) is 17.3 Å². The molecule has 0 radical (unpaired) electrons. The van der Waals surface area contributed by atoms with Crippen LogP contribution in [0.1, 0.15) is 34.4 Å². The third-order valence-corrected chi connectivity index (χ3v) is 5.00. The van der Waals surface area contributed by atoms with E-state index in [0.717, 1.165) is 0 Å². The van der Waals surface area contributed by atoms with Gasteiger partial charge in [0.1, 0.15) is 17.1 Å². The summed E-state index contributed by atoms with van der Waals surface area (Å²) < 4.78 is 16.5. The maximum Gasteiger partial charge on any atom is 0.185 e. The SMILES string of the molecule is CC1(c2cc(CC(=O)c3ccc(Cl)cn3)ccc2F)Cn2ccnc2C(N)=N1. The fraction of sp³-hybridized carbons (Fsp3) is 0.200. The first-order chi connectivity index (χ1) is 13.4. The van der Waals surface area contributed by atoms with E-state index in [1.54, 1.807) is 36.7 Å². The zero-order valence-corrected chi connectivity index (χ0v) is 15.8. The lowest BCUT2D eigenvalue weighted by molar-refractivity contribution is 0.0988. The van der Waals surface area contributed by atoms with E-state index in [0.29, 0.717) is 34.2 Å². The summed E-state index contributed by atoms with van der Waals surface area (Å²) in [6.07, 6.45) is 4.93. The molecule has 8 heteroatoms. The number of ketones is 1. The fourth-order valence-corrected chi connectivity index (χ4v) is 3.52. The van der Waals surface area contributed by atoms with E-state index < -0.39 is 11.4 Å². The van der Waals surface area contributed by atoms with Gasteiger partial charge in [-0.15, -0.1) is 0 Å². The molecule has 1 unspecified atom stereocenters. The molecule has 0 spiro atoms. The van der Waals surface area contributed by atoms with Crippen LogP contribution in [0.4, 0.5) is 4.39 Å². The van der Waals surface area contributed by atoms with Crippen molar-refractivity contribution in [3.8, 4) is 0 Å². The number of aliphatic imine (C=N–C) groups is 1. The van der Waals surface area contributed by atoms with Crippen molar-refractivity contribution in [2.24, 2.45) is 10.7 Å². The summed E-state index contributed by atoms with van der Waals surface area (Å²) in [5.74, 6) is 0.245. The Labute approximate surface area is 165 Å². The molecule has 6 nitrogen and oxygen atoms in total. The minimum absolute atomic E-state index is 0.0908. The Balaban J connectivity index is 1.65. The van der Waals surface area contributed by atoms with Crippen LogP contribution in [-0.4, -0.2) is 26.2 Å². The van der Waals surface area contributed by atoms with Crippen molar-refractivity contribution < 1.29 is 9.18 Å². The quantitative estimate of drug-likeness (QED) is 0.685. The summed E-state index contributed by atoms with van der Waals surface area (Å²) in [6.45, 7) is 2.21. The normalized spacial score (nSPS) is 18.5. The molecule has 0 saturated carbocycles. The number of imidazole rings is 1. The molecule has 1 atom stereocenters. The predicted octanol–water partition coefficient (Wildman–Crippen LogP) is 3.13. The minimum Gasteiger partial charge on any atom is -0.381 e. The number of halogens is 2. The molecule has 0 fully saturated rings. The Kier molecular flexibility index (Phi) is 4.47. The zero-order chi connectivity index (χ0) is 19.9. The molecule has 0 bridgehead atoms. The predicted molar refractivity (Wildman–Crippen MR) is 104 cm³/mol. The number of nitrogens with two attached hydrogens (primary N) is 1. The average Bonchev–Trinajstić information content (AvgIpc) is 3.12. The van der Waals surface area contributed by atoms with Crippen LogP contribution < -0.4 is 5.73 Å². The first-order valence-electron chi connectivity index (χ1n) is 8.66. The summed E-state index contributed by atoms with van der Waals surface area (Å²) in [4.78, 5) is 25.2. The maximum absolute atomic E-state index is 14.7. The van der Waals surface area contributed by atoms with E-state index in [9.17, 15) is 9.18 Å². The van der Waals surface area contributed by atoms with E-state index in [-0.39, 0.29) is 18.0 Å². The maximum atomic E-state index is 14.7. The molecule has 1 aliphatic heterocycles. The van der Waals surface area contributed by atoms with Crippen molar-refractivity contribution in [3.63, 3.8) is 0 Å². The molecule has 2 aromatic heterocycles. The molecule has 0 saturated heterocycles. The van der Waals surface area contributed by atoms with Gasteiger partial charge in [-0.2, -0.15) is 0 Å². The van der Waals surface area contributed by atoms with Crippen molar-refractivity contribution in [1.82, 2.24) is 14.5 Å². The van der Waals surface area contributed by atoms with Gasteiger partial charge in [0.25, 0.3) is 0 Å². The van der Waals surface area contributed by atoms with Crippen LogP contribution in [0.15, 0.2) is 53.9 Å². The second-order valence-corrected chi connectivity index (χ2v) is 7.36. The average molecular weight is 398 g/mol. The summed E-state index contributed by atoms with van der Waals surface area (Å²) in [6, 6.07) is 7.80. The molecule has 2 N–H and O–H groups in total. The number of benzene rings is 1. The van der Waals surface area contributed by atoms with Gasteiger partial charge in [0.2, 0.25) is 0 Å². The molecule has 28 heavy (non-hydrogen) atoms. The van der Waals surface area contributed by atoms with Crippen LogP contribution in [0.2, 0.25) is 5.02 Å². The van der Waals surface area contributed by atoms with Crippen molar-refractivity contribution in [2.45, 2.75) is 25.4 Å². The Bertz CT molecular complexity index is 1090. The Morgan fingerprint density at radius 3 is 2.89 bits per heavy atom. The number of hydrogen-bond acceptors (Lipinski definition) is 5. The van der Waals surface area contributed by atoms with Gasteiger partial charge in [-0.1, -0.05) is 17.7 Å². The van der Waals surface area contributed by atoms with Crippen LogP contribution in [0.25, 0.3) is 0 Å². The molecule has 1 aromatic carbocycles. The number of amidine groups is 1. The number of fused-ring (bicyclic) bond motifs is 1. The highest BCUT2D eigenvalue weighted by atomic mass is 35.5. The van der Waals surface area contributed by atoms with Crippen LogP contribution in [0.3, 0.4) is 0 Å². The number of hydrogen-bond donors (Lipinski definition) is 1. The Morgan fingerprint density at radius 1 is 1.32 bits per heavy atom. The smallest absolute Gasteiger partial charge is 0.185 e. The van der Waals surface area contributed by atoms with Crippen molar-refractivity contribution in [2.75, 3.05) is 0 Å². The van der Waals surface area contributed by atoms with Gasteiger partial charge in [0, 0.05) is 30.6 Å². The lowest BCUT2D eigenvalue weighted by Gasteiger charge is -2.31. The molecule has 3 aromatic rings. The fourth-order valence-electron chi connectivity index (χ4n) is 3.41. The van der Waals surface area contributed by atoms with Crippen LogP contribution >= 0.6 is 11.6 Å². The second-order valence-electron chi connectivity index (χ2n) is 6.93. The number of aromatic nitrogens is 3. The highest BCUT2D eigenvalue weighted by Gasteiger charge is 2.35. The van der Waals surface area contributed by atoms with E-state index in [1.165, 1.54) is 12.3 Å². The van der Waals surface area contributed by atoms with Gasteiger partial charge in [0.05, 0.1) is 11.6 Å². The summed E-state index contributed by atoms with van der Waals surface area (Å²) in [5, 5.41) is 0.458. The van der Waals surface area contributed by atoms with E-state index in [1.807, 2.05) is 11.5 Å². The summed E-state index contributed by atoms with van der Waals surface area (Å²) >= 11 is 5.81. The number of pyridine rings is 1. The van der Waals surface area contributed by atoms with Gasteiger partial charge in [0.15, 0.2) is 17.4 Å². The first kappa shape index (κ1) is 18.3. The highest BCUT2D eigenvalue weighted by Crippen LogP contribution is 2.33. The third kappa shape index (κ3) is 3.29. The van der Waals surface area contributed by atoms with Crippen LogP contribution in [0, 0.1) is 5.82 Å². The molecular weight excluding hydrogens is 381 g/mol. The number of Topliss-reactive ketones (excluding diaryl/α,β-unsaturated/α-hetero) is 1. The molecule has 0 amide bonds. The number of carbonyl (C=O) groups excluding carboxylic acids is 1. The Morgan fingerprint density at radius 2 is 2.14 bits per heavy atom. The lowest BCUT2D eigenvalue weighted by atomic mass is 9.88. The minimum atomic E-state index is -0.903. The zero-order valence-electron chi connectivity index (χ0n) is 15.1. The standard InChI is InChI=1S/C20H17ClFN5O/c1-20(11-27-7-6-24-19(27)18(23)26-20)14-8-12(2-4-15(14)22)9-17(28)16-5-3-13(21)10-25-16/h2-8,10H,9,11H2,1H3,(H2,23,26). The monoisotopic (exact) mass is 397 g/mol. The van der Waals surface area contributed by atoms with Crippen LogP contribution in [0.5, 0.6) is 0 Å². The number of rotatable bonds is 4. The van der Waals surface area contributed by atoms with Gasteiger partial charge in [-0.25, -0.2) is 9.37 Å². The van der Waals surface area contributed by atoms with Crippen molar-refractivity contribution in [1.29, 1.82) is 0 Å². The molecule has 0 aliphatic carbocycles. The van der Waals surface area contributed by atoms with Crippen molar-refractivity contribution >= 4 is 23.2 Å². The van der Waals surface area contributed by atoms with Crippen molar-refractivity contribution in [3.05, 3.63) is 82.4 Å². The molecular formula is C20H17ClFN5O. The molecule has 4 rings (SSSR count). The van der Waals surface area contributed by atoms with Gasteiger partial charge < -0.3 is 10.3 Å². The summed E-state index contributed by atoms with van der Waals surface area (Å²) in [5.41, 5.74) is 6.49. The topological polar surface area (TPSA) is 86.2 Å². The first-order valence-corrected chi connectivity index (χ1v) is 9.04. The third-order valence-electron chi connectivity index (χ3n) is 4.78. The largest absolute Gasteiger partial charge is 0.381 e. The number of nitrogens with zero attached hydrogens (tertiary/aromatic N) is 4. The van der Waals surface area contributed by atoms with Gasteiger partial charge in [-0.05, 0) is 36.8 Å². The highest BCUT2D eigenvalue weighted by molar-refractivity contribution is 6.30. The molecule has 1 aliphatic rings. The second kappa shape index (κ2) is 6.83. The van der Waals surface area contributed by atoms with Gasteiger partial charge >= 0.3 is 0 Å². The van der Waals surface area contributed by atoms with Gasteiger partial charge in [-0.3, -0.25) is 14.8 Å². The van der Waals surface area contributed by atoms with Crippen LogP contribution in [-0.2, 0) is 18.5 Å². The Hall–Kier alpha value is -3.06. The van der Waals surface area contributed by atoms with E-state index in [2.05, 4.69) is 15.0 Å². The lowest BCUT2D eigenvalue weighted by Crippen LogP contribution is -2.37.